The number of carbonyl (C=O) groups is 4. The first-order valence-electron chi connectivity index (χ1n) is 19.1. The largest absolute Gasteiger partial charge is 0.460 e. The number of nitrogens with one attached hydrogen (secondary N) is 2. The van der Waals surface area contributed by atoms with Crippen molar-refractivity contribution in [1.82, 2.24) is 29.7 Å². The number of amides is 1. The number of aromatic nitrogens is 4. The Morgan fingerprint density at radius 2 is 1.28 bits per heavy atom. The van der Waals surface area contributed by atoms with Crippen LogP contribution in [-0.4, -0.2) is 85.5 Å². The number of ether oxygens (including phenoxy) is 3. The molecule has 57 heavy (non-hydrogen) atoms. The Labute approximate surface area is 336 Å². The van der Waals surface area contributed by atoms with Gasteiger partial charge in [-0.1, -0.05) is 12.1 Å². The Hall–Kier alpha value is -4.61. The molecular formula is C40H61N7O9S. The summed E-state index contributed by atoms with van der Waals surface area (Å²) in [4.78, 5) is 67.2. The maximum atomic E-state index is 14.1. The highest BCUT2D eigenvalue weighted by Crippen LogP contribution is 2.29. The van der Waals surface area contributed by atoms with Crippen LogP contribution in [0.25, 0.3) is 0 Å². The third-order valence-electron chi connectivity index (χ3n) is 8.47. The summed E-state index contributed by atoms with van der Waals surface area (Å²) in [6.45, 7) is 17.0. The number of esters is 3. The van der Waals surface area contributed by atoms with Crippen LogP contribution in [0.4, 0.5) is 0 Å². The number of hydrogen-bond acceptors (Lipinski definition) is 12. The first kappa shape index (κ1) is 46.8. The van der Waals surface area contributed by atoms with E-state index in [1.807, 2.05) is 0 Å². The Morgan fingerprint density at radius 3 is 1.72 bits per heavy atom. The second kappa shape index (κ2) is 19.7. The van der Waals surface area contributed by atoms with Gasteiger partial charge in [0.25, 0.3) is 0 Å². The average Bonchev–Trinajstić information content (AvgIpc) is 3.74. The van der Waals surface area contributed by atoms with E-state index in [0.29, 0.717) is 31.9 Å². The summed E-state index contributed by atoms with van der Waals surface area (Å²) in [5.74, 6) is -0.554. The minimum Gasteiger partial charge on any atom is -0.460 e. The van der Waals surface area contributed by atoms with Gasteiger partial charge in [-0.05, 0) is 106 Å². The molecular weight excluding hydrogens is 755 g/mol. The summed E-state index contributed by atoms with van der Waals surface area (Å²) in [5, 5.41) is 8.37. The molecule has 2 heterocycles. The number of carbonyl (C=O) groups excluding carboxylic acids is 4. The maximum absolute atomic E-state index is 14.1. The van der Waals surface area contributed by atoms with E-state index in [4.69, 9.17) is 19.3 Å². The standard InChI is InChI=1S/C40H61N7O9S/c1-37(2,3)54-34(49)14-18-40(19-15-35(50)55-38(4,5)6,20-16-36(51)56-39(7,8)9)45-33(48)28-47-25-23-44-32(47)27-46(26-31-42-21-22-43-31)24-17-29-10-12-30(13-11-29)57(41,52)53/h10-13,21-23,25H,14-20,24,26-28H2,1-9H3,(H,42,43)(H,45,48)(H2,41,52,53). The highest BCUT2D eigenvalue weighted by molar-refractivity contribution is 7.89. The second-order valence-electron chi connectivity index (χ2n) is 17.2. The topological polar surface area (TPSA) is 218 Å². The predicted molar refractivity (Wildman–Crippen MR) is 213 cm³/mol. The normalized spacial score (nSPS) is 12.7. The van der Waals surface area contributed by atoms with Crippen molar-refractivity contribution in [3.8, 4) is 0 Å². The molecule has 1 aromatic carbocycles. The van der Waals surface area contributed by atoms with Gasteiger partial charge in [-0.25, -0.2) is 23.5 Å². The van der Waals surface area contributed by atoms with Crippen molar-refractivity contribution in [2.75, 3.05) is 6.54 Å². The number of H-pyrrole nitrogens is 1. The summed E-state index contributed by atoms with van der Waals surface area (Å²) < 4.78 is 41.9. The van der Waals surface area contributed by atoms with Gasteiger partial charge in [0.1, 0.15) is 35.0 Å². The zero-order valence-corrected chi connectivity index (χ0v) is 35.7. The van der Waals surface area contributed by atoms with E-state index >= 15 is 0 Å². The number of primary sulfonamides is 1. The number of sulfonamides is 1. The predicted octanol–water partition coefficient (Wildman–Crippen LogP) is 4.72. The van der Waals surface area contributed by atoms with Crippen molar-refractivity contribution < 1.29 is 41.8 Å². The Balaban J connectivity index is 1.87. The average molecular weight is 816 g/mol. The molecule has 0 radical (unpaired) electrons. The summed E-state index contributed by atoms with van der Waals surface area (Å²) in [6.07, 6.45) is 7.27. The van der Waals surface area contributed by atoms with Crippen LogP contribution in [0.15, 0.2) is 53.9 Å². The third kappa shape index (κ3) is 18.0. The SMILES string of the molecule is CC(C)(C)OC(=O)CCC(CCC(=O)OC(C)(C)C)(CCC(=O)OC(C)(C)C)NC(=O)Cn1ccnc1CN(CCc1ccc(S(N)(=O)=O)cc1)Cc1ncc[nH]1. The number of nitrogens with zero attached hydrogens (tertiary/aromatic N) is 4. The van der Waals surface area contributed by atoms with E-state index in [0.717, 1.165) is 11.4 Å². The molecule has 316 valence electrons. The summed E-state index contributed by atoms with van der Waals surface area (Å²) in [5.41, 5.74) is -2.51. The Morgan fingerprint density at radius 1 is 0.772 bits per heavy atom. The fourth-order valence-corrected chi connectivity index (χ4v) is 6.55. The van der Waals surface area contributed by atoms with Crippen molar-refractivity contribution in [3.63, 3.8) is 0 Å². The monoisotopic (exact) mass is 815 g/mol. The highest BCUT2D eigenvalue weighted by Gasteiger charge is 2.36. The molecule has 3 aromatic rings. The molecule has 0 aliphatic heterocycles. The lowest BCUT2D eigenvalue weighted by Gasteiger charge is -2.36. The van der Waals surface area contributed by atoms with Crippen molar-refractivity contribution in [2.24, 2.45) is 5.14 Å². The van der Waals surface area contributed by atoms with Crippen LogP contribution in [0, 0.1) is 0 Å². The second-order valence-corrected chi connectivity index (χ2v) is 18.8. The van der Waals surface area contributed by atoms with Crippen molar-refractivity contribution in [3.05, 3.63) is 66.3 Å². The molecule has 0 saturated heterocycles. The smallest absolute Gasteiger partial charge is 0.306 e. The molecule has 0 aliphatic carbocycles. The van der Waals surface area contributed by atoms with Gasteiger partial charge in [0.2, 0.25) is 15.9 Å². The number of imidazole rings is 2. The van der Waals surface area contributed by atoms with Gasteiger partial charge in [0.15, 0.2) is 0 Å². The minimum atomic E-state index is -3.82. The fraction of sp³-hybridized carbons (Fsp3) is 0.600. The molecule has 0 atom stereocenters. The quantitative estimate of drug-likeness (QED) is 0.104. The molecule has 4 N–H and O–H groups in total. The summed E-state index contributed by atoms with van der Waals surface area (Å²) in [7, 11) is -3.82. The molecule has 1 amide bonds. The maximum Gasteiger partial charge on any atom is 0.306 e. The molecule has 0 bridgehead atoms. The lowest BCUT2D eigenvalue weighted by molar-refractivity contribution is -0.155. The molecule has 17 heteroatoms. The van der Waals surface area contributed by atoms with Gasteiger partial charge in [-0.2, -0.15) is 0 Å². The van der Waals surface area contributed by atoms with Crippen LogP contribution in [0.3, 0.4) is 0 Å². The van der Waals surface area contributed by atoms with E-state index in [1.165, 1.54) is 12.1 Å². The molecule has 3 rings (SSSR count). The van der Waals surface area contributed by atoms with E-state index in [-0.39, 0.29) is 50.0 Å². The summed E-state index contributed by atoms with van der Waals surface area (Å²) >= 11 is 0. The van der Waals surface area contributed by atoms with Crippen LogP contribution >= 0.6 is 0 Å². The molecule has 0 unspecified atom stereocenters. The number of benzene rings is 1. The van der Waals surface area contributed by atoms with Crippen LogP contribution < -0.4 is 10.5 Å². The van der Waals surface area contributed by atoms with Gasteiger partial charge >= 0.3 is 17.9 Å². The zero-order chi connectivity index (χ0) is 42.7. The van der Waals surface area contributed by atoms with Gasteiger partial charge in [0.05, 0.1) is 18.0 Å². The van der Waals surface area contributed by atoms with Crippen LogP contribution in [0.2, 0.25) is 0 Å². The number of nitrogens with two attached hydrogens (primary N) is 1. The molecule has 16 nitrogen and oxygen atoms in total. The number of rotatable bonds is 20. The number of hydrogen-bond donors (Lipinski definition) is 3. The Bertz CT molecular complexity index is 1810. The molecule has 0 saturated carbocycles. The minimum absolute atomic E-state index is 0.0301. The van der Waals surface area contributed by atoms with Gasteiger partial charge < -0.3 is 29.1 Å². The van der Waals surface area contributed by atoms with Crippen molar-refractivity contribution in [1.29, 1.82) is 0 Å². The molecule has 0 spiro atoms. The van der Waals surface area contributed by atoms with Crippen molar-refractivity contribution in [2.45, 2.75) is 154 Å². The van der Waals surface area contributed by atoms with E-state index in [2.05, 4.69) is 25.2 Å². The van der Waals surface area contributed by atoms with Crippen LogP contribution in [-0.2, 0) is 69.5 Å². The first-order chi connectivity index (χ1) is 26.3. The molecule has 0 aliphatic rings. The fourth-order valence-electron chi connectivity index (χ4n) is 6.03. The lowest BCUT2D eigenvalue weighted by atomic mass is 9.83. The third-order valence-corrected chi connectivity index (χ3v) is 9.39. The Kier molecular flexibility index (Phi) is 16.2. The van der Waals surface area contributed by atoms with E-state index < -0.39 is 56.2 Å². The van der Waals surface area contributed by atoms with Crippen molar-refractivity contribution >= 4 is 33.8 Å². The number of aromatic amines is 1. The van der Waals surface area contributed by atoms with Gasteiger partial charge in [0, 0.05) is 56.1 Å². The highest BCUT2D eigenvalue weighted by atomic mass is 32.2. The van der Waals surface area contributed by atoms with Gasteiger partial charge in [-0.15, -0.1) is 0 Å². The lowest BCUT2D eigenvalue weighted by Crippen LogP contribution is -2.51. The van der Waals surface area contributed by atoms with Crippen LogP contribution in [0.1, 0.15) is 118 Å². The molecule has 0 fully saturated rings. The zero-order valence-electron chi connectivity index (χ0n) is 34.8. The van der Waals surface area contributed by atoms with E-state index in [1.54, 1.807) is 104 Å². The van der Waals surface area contributed by atoms with Crippen LogP contribution in [0.5, 0.6) is 0 Å². The van der Waals surface area contributed by atoms with E-state index in [9.17, 15) is 27.6 Å². The first-order valence-corrected chi connectivity index (χ1v) is 20.6. The summed E-state index contributed by atoms with van der Waals surface area (Å²) in [6, 6.07) is 6.39. The molecule has 2 aromatic heterocycles. The van der Waals surface area contributed by atoms with Gasteiger partial charge in [-0.3, -0.25) is 24.1 Å².